The highest BCUT2D eigenvalue weighted by molar-refractivity contribution is 5.11. The van der Waals surface area contributed by atoms with Crippen LogP contribution in [0.1, 0.15) is 141 Å². The number of rotatable bonds is 3. The summed E-state index contributed by atoms with van der Waals surface area (Å²) < 4.78 is 0. The predicted molar refractivity (Wildman–Crippen MR) is 125 cm³/mol. The fourth-order valence-corrected chi connectivity index (χ4v) is 5.20. The van der Waals surface area contributed by atoms with Crippen LogP contribution >= 0.6 is 0 Å². The fourth-order valence-electron chi connectivity index (χ4n) is 5.20. The second kappa shape index (κ2) is 14.8. The Morgan fingerprint density at radius 2 is 0.567 bits per heavy atom. The molecule has 0 aromatic rings. The van der Waals surface area contributed by atoms with Gasteiger partial charge in [-0.3, -0.25) is 0 Å². The van der Waals surface area contributed by atoms with Crippen LogP contribution in [0.5, 0.6) is 0 Å². The van der Waals surface area contributed by atoms with Crippen molar-refractivity contribution in [2.45, 2.75) is 152 Å². The molecule has 4 heteroatoms. The monoisotopic (exact) mass is 414 g/mol. The summed E-state index contributed by atoms with van der Waals surface area (Å²) in [6, 6.07) is 5.27. The highest BCUT2D eigenvalue weighted by atomic mass is 15.4. The quantitative estimate of drug-likeness (QED) is 0.478. The molecule has 30 heavy (non-hydrogen) atoms. The molecule has 0 bridgehead atoms. The van der Waals surface area contributed by atoms with Gasteiger partial charge in [-0.25, -0.2) is 10.9 Å². The van der Waals surface area contributed by atoms with Gasteiger partial charge in [-0.15, -0.1) is 0 Å². The lowest BCUT2D eigenvalue weighted by Crippen LogP contribution is -2.60. The molecule has 0 heterocycles. The topological polar surface area (TPSA) is 71.6 Å². The first kappa shape index (κ1) is 25.2. The molecule has 0 aliphatic heterocycles. The third kappa shape index (κ3) is 9.36. The second-order valence-electron chi connectivity index (χ2n) is 10.0. The molecule has 2 saturated carbocycles. The summed E-state index contributed by atoms with van der Waals surface area (Å²) in [6.45, 7) is 0. The number of hydrogen-bond donors (Lipinski definition) is 2. The van der Waals surface area contributed by atoms with Crippen LogP contribution in [0.15, 0.2) is 0 Å². The van der Waals surface area contributed by atoms with Crippen molar-refractivity contribution >= 4 is 0 Å². The van der Waals surface area contributed by atoms with E-state index < -0.39 is 11.1 Å². The van der Waals surface area contributed by atoms with E-state index in [4.69, 9.17) is 0 Å². The van der Waals surface area contributed by atoms with E-state index in [1.54, 1.807) is 0 Å². The van der Waals surface area contributed by atoms with Crippen molar-refractivity contribution in [1.29, 1.82) is 10.5 Å². The Balaban J connectivity index is 2.01. The van der Waals surface area contributed by atoms with Gasteiger partial charge >= 0.3 is 0 Å². The van der Waals surface area contributed by atoms with Crippen molar-refractivity contribution in [3.8, 4) is 12.1 Å². The molecule has 2 rings (SSSR count). The molecular weight excluding hydrogens is 368 g/mol. The smallest absolute Gasteiger partial charge is 0.119 e. The first-order valence-corrected chi connectivity index (χ1v) is 13.1. The van der Waals surface area contributed by atoms with E-state index in [0.29, 0.717) is 0 Å². The molecule has 0 aromatic heterocycles. The third-order valence-corrected chi connectivity index (χ3v) is 7.38. The van der Waals surface area contributed by atoms with Gasteiger partial charge < -0.3 is 0 Å². The first-order valence-electron chi connectivity index (χ1n) is 13.1. The fraction of sp³-hybridized carbons (Fsp3) is 0.923. The van der Waals surface area contributed by atoms with Crippen LogP contribution in [0.4, 0.5) is 0 Å². The van der Waals surface area contributed by atoms with Crippen LogP contribution in [0, 0.1) is 22.7 Å². The average Bonchev–Trinajstić information content (AvgIpc) is 2.75. The van der Waals surface area contributed by atoms with Crippen molar-refractivity contribution in [1.82, 2.24) is 10.9 Å². The molecule has 2 N–H and O–H groups in total. The lowest BCUT2D eigenvalue weighted by Gasteiger charge is -2.35. The molecule has 0 atom stereocenters. The van der Waals surface area contributed by atoms with Gasteiger partial charge in [0.25, 0.3) is 0 Å². The van der Waals surface area contributed by atoms with E-state index >= 15 is 0 Å². The van der Waals surface area contributed by atoms with E-state index in [2.05, 4.69) is 23.0 Å². The van der Waals surface area contributed by atoms with Gasteiger partial charge in [0.1, 0.15) is 11.1 Å². The molecule has 0 radical (unpaired) electrons. The summed E-state index contributed by atoms with van der Waals surface area (Å²) in [6.07, 6.45) is 26.0. The lowest BCUT2D eigenvalue weighted by atomic mass is 9.85. The summed E-state index contributed by atoms with van der Waals surface area (Å²) in [5.41, 5.74) is 5.88. The summed E-state index contributed by atoms with van der Waals surface area (Å²) in [4.78, 5) is 0. The van der Waals surface area contributed by atoms with E-state index in [-0.39, 0.29) is 0 Å². The van der Waals surface area contributed by atoms with Crippen molar-refractivity contribution in [3.63, 3.8) is 0 Å². The molecule has 0 unspecified atom stereocenters. The number of hydrogen-bond acceptors (Lipinski definition) is 4. The zero-order chi connectivity index (χ0) is 21.4. The van der Waals surface area contributed by atoms with E-state index in [0.717, 1.165) is 51.4 Å². The van der Waals surface area contributed by atoms with Crippen LogP contribution < -0.4 is 10.9 Å². The number of nitrogens with zero attached hydrogens (tertiary/aromatic N) is 2. The van der Waals surface area contributed by atoms with Gasteiger partial charge in [-0.05, 0) is 25.7 Å². The molecular formula is C26H46N4. The van der Waals surface area contributed by atoms with Gasteiger partial charge in [-0.2, -0.15) is 10.5 Å². The molecule has 0 aromatic carbocycles. The number of hydrazine groups is 1. The number of nitriles is 2. The minimum Gasteiger partial charge on any atom is -0.236 e. The molecule has 0 amide bonds. The predicted octanol–water partition coefficient (Wildman–Crippen LogP) is 7.21. The Bertz CT molecular complexity index is 458. The maximum Gasteiger partial charge on any atom is 0.119 e. The number of nitrogens with one attached hydrogen (secondary N) is 2. The van der Waals surface area contributed by atoms with Crippen molar-refractivity contribution < 1.29 is 0 Å². The molecule has 2 aliphatic rings. The van der Waals surface area contributed by atoms with Crippen LogP contribution in [0.25, 0.3) is 0 Å². The van der Waals surface area contributed by atoms with E-state index in [1.807, 2.05) is 0 Å². The largest absolute Gasteiger partial charge is 0.236 e. The minimum absolute atomic E-state index is 0.535. The Morgan fingerprint density at radius 3 is 0.767 bits per heavy atom. The standard InChI is InChI=1S/C26H46N4/c27-23-25(19-15-11-7-3-1-4-8-12-16-20-25)29-30-26(24-28)21-17-13-9-5-2-6-10-14-18-22-26/h29-30H,1-22H2. The molecule has 0 saturated heterocycles. The Morgan fingerprint density at radius 1 is 0.367 bits per heavy atom. The van der Waals surface area contributed by atoms with Crippen LogP contribution in [-0.2, 0) is 0 Å². The maximum absolute atomic E-state index is 10.1. The van der Waals surface area contributed by atoms with Crippen molar-refractivity contribution in [2.24, 2.45) is 0 Å². The first-order chi connectivity index (χ1) is 14.7. The van der Waals surface area contributed by atoms with Crippen molar-refractivity contribution in [3.05, 3.63) is 0 Å². The molecule has 4 nitrogen and oxygen atoms in total. The highest BCUT2D eigenvalue weighted by Gasteiger charge is 2.35. The Hall–Kier alpha value is -1.10. The highest BCUT2D eigenvalue weighted by Crippen LogP contribution is 2.27. The zero-order valence-electron chi connectivity index (χ0n) is 19.5. The zero-order valence-corrected chi connectivity index (χ0v) is 19.5. The van der Waals surface area contributed by atoms with Crippen LogP contribution in [0.3, 0.4) is 0 Å². The van der Waals surface area contributed by atoms with Crippen LogP contribution in [0.2, 0.25) is 0 Å². The van der Waals surface area contributed by atoms with E-state index in [9.17, 15) is 10.5 Å². The van der Waals surface area contributed by atoms with Gasteiger partial charge in [0.05, 0.1) is 12.1 Å². The Labute approximate surface area is 186 Å². The second-order valence-corrected chi connectivity index (χ2v) is 10.0. The van der Waals surface area contributed by atoms with Gasteiger partial charge in [0.2, 0.25) is 0 Å². The lowest BCUT2D eigenvalue weighted by molar-refractivity contribution is 0.217. The average molecular weight is 415 g/mol. The van der Waals surface area contributed by atoms with Crippen LogP contribution in [-0.4, -0.2) is 11.1 Å². The van der Waals surface area contributed by atoms with Gasteiger partial charge in [0, 0.05) is 0 Å². The normalized spacial score (nSPS) is 25.1. The minimum atomic E-state index is -0.535. The van der Waals surface area contributed by atoms with Gasteiger partial charge in [-0.1, -0.05) is 116 Å². The third-order valence-electron chi connectivity index (χ3n) is 7.38. The van der Waals surface area contributed by atoms with Gasteiger partial charge in [0.15, 0.2) is 0 Å². The molecule has 0 spiro atoms. The molecule has 170 valence electrons. The molecule has 2 fully saturated rings. The Kier molecular flexibility index (Phi) is 12.4. The maximum atomic E-state index is 10.1. The SMILES string of the molecule is N#CC1(NNC2(C#N)CCCCCCCCCCC2)CCCCCCCCCCC1. The summed E-state index contributed by atoms with van der Waals surface area (Å²) >= 11 is 0. The summed E-state index contributed by atoms with van der Waals surface area (Å²) in [5.74, 6) is 0. The molecule has 2 aliphatic carbocycles. The summed E-state index contributed by atoms with van der Waals surface area (Å²) in [7, 11) is 0. The van der Waals surface area contributed by atoms with Crippen molar-refractivity contribution in [2.75, 3.05) is 0 Å². The van der Waals surface area contributed by atoms with E-state index in [1.165, 1.54) is 89.9 Å². The summed E-state index contributed by atoms with van der Waals surface area (Å²) in [5, 5.41) is 20.3.